The first-order chi connectivity index (χ1) is 13.3. The molecule has 0 spiro atoms. The average molecular weight is 428 g/mol. The molecule has 1 unspecified atom stereocenters. The molecular weight excluding hydrogens is 394 g/mol. The fourth-order valence-electron chi connectivity index (χ4n) is 3.73. The minimum absolute atomic E-state index is 0. The zero-order valence-electron chi connectivity index (χ0n) is 17.8. The van der Waals surface area contributed by atoms with E-state index in [0.717, 1.165) is 37.2 Å². The van der Waals surface area contributed by atoms with E-state index in [1.807, 2.05) is 36.2 Å². The van der Waals surface area contributed by atoms with Gasteiger partial charge in [0.05, 0.1) is 26.2 Å². The third-order valence-corrected chi connectivity index (χ3v) is 5.39. The Balaban J connectivity index is 0.00000420. The first-order valence-electron chi connectivity index (χ1n) is 9.87. The molecular formula is C21H34ClN3O4. The summed E-state index contributed by atoms with van der Waals surface area (Å²) in [5, 5.41) is 12.1. The Morgan fingerprint density at radius 1 is 1.24 bits per heavy atom. The van der Waals surface area contributed by atoms with Crippen LogP contribution in [0.1, 0.15) is 38.3 Å². The van der Waals surface area contributed by atoms with Gasteiger partial charge in [0.15, 0.2) is 0 Å². The predicted octanol–water partition coefficient (Wildman–Crippen LogP) is 2.41. The number of aliphatic carboxylic acids is 1. The summed E-state index contributed by atoms with van der Waals surface area (Å²) in [5.74, 6) is 0.287. The van der Waals surface area contributed by atoms with E-state index in [9.17, 15) is 9.59 Å². The summed E-state index contributed by atoms with van der Waals surface area (Å²) in [6, 6.07) is 8.03. The Kier molecular flexibility index (Phi) is 10.4. The summed E-state index contributed by atoms with van der Waals surface area (Å²) >= 11 is 0. The Labute approximate surface area is 179 Å². The smallest absolute Gasteiger partial charge is 0.317 e. The van der Waals surface area contributed by atoms with Crippen LogP contribution in [0.2, 0.25) is 0 Å². The lowest BCUT2D eigenvalue weighted by Crippen LogP contribution is -2.48. The molecule has 1 saturated heterocycles. The van der Waals surface area contributed by atoms with Gasteiger partial charge >= 0.3 is 5.97 Å². The third-order valence-electron chi connectivity index (χ3n) is 5.39. The van der Waals surface area contributed by atoms with Gasteiger partial charge < -0.3 is 15.2 Å². The van der Waals surface area contributed by atoms with E-state index in [2.05, 4.69) is 24.1 Å². The van der Waals surface area contributed by atoms with Crippen LogP contribution in [-0.4, -0.2) is 73.2 Å². The number of carbonyl (C=O) groups is 2. The number of likely N-dealkylation sites (tertiary alicyclic amines) is 1. The van der Waals surface area contributed by atoms with Crippen molar-refractivity contribution in [1.29, 1.82) is 0 Å². The quantitative estimate of drug-likeness (QED) is 0.629. The summed E-state index contributed by atoms with van der Waals surface area (Å²) in [6.45, 7) is 6.23. The summed E-state index contributed by atoms with van der Waals surface area (Å²) in [5.41, 5.74) is 1.07. The lowest BCUT2D eigenvalue weighted by Gasteiger charge is -2.36. The second-order valence-corrected chi connectivity index (χ2v) is 7.88. The fourth-order valence-corrected chi connectivity index (χ4v) is 3.73. The lowest BCUT2D eigenvalue weighted by molar-refractivity contribution is -0.138. The normalized spacial score (nSPS) is 16.3. The van der Waals surface area contributed by atoms with Crippen molar-refractivity contribution >= 4 is 24.3 Å². The monoisotopic (exact) mass is 427 g/mol. The van der Waals surface area contributed by atoms with Crippen LogP contribution in [0.4, 0.5) is 0 Å². The SMILES string of the molecule is COc1ccc(C(NC(=O)CN2CCC(N(C)CC(=O)O)CC2)C(C)C)cc1.Cl. The van der Waals surface area contributed by atoms with Crippen LogP contribution >= 0.6 is 12.4 Å². The summed E-state index contributed by atoms with van der Waals surface area (Å²) in [4.78, 5) is 27.5. The molecule has 1 aliphatic heterocycles. The number of piperidine rings is 1. The highest BCUT2D eigenvalue weighted by Crippen LogP contribution is 2.24. The second kappa shape index (κ2) is 12.0. The van der Waals surface area contributed by atoms with E-state index in [1.165, 1.54) is 0 Å². The summed E-state index contributed by atoms with van der Waals surface area (Å²) < 4.78 is 5.21. The highest BCUT2D eigenvalue weighted by Gasteiger charge is 2.26. The molecule has 1 amide bonds. The minimum Gasteiger partial charge on any atom is -0.497 e. The molecule has 2 rings (SSSR count). The van der Waals surface area contributed by atoms with Crippen LogP contribution in [0, 0.1) is 5.92 Å². The highest BCUT2D eigenvalue weighted by atomic mass is 35.5. The van der Waals surface area contributed by atoms with Crippen molar-refractivity contribution in [2.75, 3.05) is 40.3 Å². The topological polar surface area (TPSA) is 82.1 Å². The summed E-state index contributed by atoms with van der Waals surface area (Å²) in [6.07, 6.45) is 1.76. The number of hydrogen-bond donors (Lipinski definition) is 2. The molecule has 1 aromatic rings. The molecule has 1 heterocycles. The molecule has 1 aromatic carbocycles. The van der Waals surface area contributed by atoms with Crippen molar-refractivity contribution in [3.8, 4) is 5.75 Å². The number of ether oxygens (including phenoxy) is 1. The van der Waals surface area contributed by atoms with E-state index in [1.54, 1.807) is 7.11 Å². The first kappa shape index (κ1) is 25.2. The van der Waals surface area contributed by atoms with Gasteiger partial charge in [-0.05, 0) is 43.5 Å². The lowest BCUT2D eigenvalue weighted by atomic mass is 9.96. The third kappa shape index (κ3) is 7.84. The molecule has 1 fully saturated rings. The molecule has 1 aliphatic rings. The molecule has 0 bridgehead atoms. The van der Waals surface area contributed by atoms with Crippen molar-refractivity contribution < 1.29 is 19.4 Å². The van der Waals surface area contributed by atoms with Gasteiger partial charge in [-0.3, -0.25) is 19.4 Å². The molecule has 0 aromatic heterocycles. The number of benzene rings is 1. The Hall–Kier alpha value is -1.83. The number of nitrogens with one attached hydrogen (secondary N) is 1. The maximum Gasteiger partial charge on any atom is 0.317 e. The number of nitrogens with zero attached hydrogens (tertiary/aromatic N) is 2. The molecule has 29 heavy (non-hydrogen) atoms. The van der Waals surface area contributed by atoms with E-state index < -0.39 is 5.97 Å². The van der Waals surface area contributed by atoms with E-state index in [0.29, 0.717) is 6.54 Å². The van der Waals surface area contributed by atoms with Crippen LogP contribution in [-0.2, 0) is 9.59 Å². The van der Waals surface area contributed by atoms with Crippen LogP contribution < -0.4 is 10.1 Å². The predicted molar refractivity (Wildman–Crippen MR) is 116 cm³/mol. The van der Waals surface area contributed by atoms with Gasteiger partial charge in [0, 0.05) is 19.1 Å². The number of carboxylic acids is 1. The number of rotatable bonds is 9. The second-order valence-electron chi connectivity index (χ2n) is 7.88. The van der Waals surface area contributed by atoms with Crippen LogP contribution in [0.5, 0.6) is 5.75 Å². The van der Waals surface area contributed by atoms with Crippen LogP contribution in [0.15, 0.2) is 24.3 Å². The maximum atomic E-state index is 12.6. The van der Waals surface area contributed by atoms with Gasteiger partial charge in [0.2, 0.25) is 5.91 Å². The van der Waals surface area contributed by atoms with Crippen LogP contribution in [0.25, 0.3) is 0 Å². The van der Waals surface area contributed by atoms with Crippen molar-refractivity contribution in [3.05, 3.63) is 29.8 Å². The summed E-state index contributed by atoms with van der Waals surface area (Å²) in [7, 11) is 3.49. The number of carboxylic acid groups (broad SMARTS) is 1. The Bertz CT molecular complexity index is 646. The van der Waals surface area contributed by atoms with Gasteiger partial charge in [-0.1, -0.05) is 26.0 Å². The first-order valence-corrected chi connectivity index (χ1v) is 9.87. The van der Waals surface area contributed by atoms with Gasteiger partial charge in [-0.2, -0.15) is 0 Å². The number of amides is 1. The molecule has 0 aliphatic carbocycles. The highest BCUT2D eigenvalue weighted by molar-refractivity contribution is 5.85. The van der Waals surface area contributed by atoms with Gasteiger partial charge in [-0.15, -0.1) is 12.4 Å². The van der Waals surface area contributed by atoms with Gasteiger partial charge in [0.25, 0.3) is 0 Å². The molecule has 7 nitrogen and oxygen atoms in total. The average Bonchev–Trinajstić information content (AvgIpc) is 2.66. The van der Waals surface area contributed by atoms with E-state index >= 15 is 0 Å². The number of hydrogen-bond acceptors (Lipinski definition) is 5. The van der Waals surface area contributed by atoms with Crippen molar-refractivity contribution in [2.45, 2.75) is 38.8 Å². The van der Waals surface area contributed by atoms with E-state index in [4.69, 9.17) is 9.84 Å². The van der Waals surface area contributed by atoms with Crippen molar-refractivity contribution in [3.63, 3.8) is 0 Å². The Morgan fingerprint density at radius 3 is 2.31 bits per heavy atom. The van der Waals surface area contributed by atoms with Crippen molar-refractivity contribution in [2.24, 2.45) is 5.92 Å². The van der Waals surface area contributed by atoms with Gasteiger partial charge in [0.1, 0.15) is 5.75 Å². The maximum absolute atomic E-state index is 12.6. The molecule has 8 heteroatoms. The number of methoxy groups -OCH3 is 1. The number of carbonyl (C=O) groups excluding carboxylic acids is 1. The zero-order valence-corrected chi connectivity index (χ0v) is 18.6. The fraction of sp³-hybridized carbons (Fsp3) is 0.619. The minimum atomic E-state index is -0.803. The number of halogens is 1. The zero-order chi connectivity index (χ0) is 20.7. The molecule has 1 atom stereocenters. The largest absolute Gasteiger partial charge is 0.497 e. The standard InChI is InChI=1S/C21H33N3O4.ClH/c1-15(2)21(16-5-7-18(28-4)8-6-16)22-19(25)13-24-11-9-17(10-12-24)23(3)14-20(26)27;/h5-8,15,17,21H,9-14H2,1-4H3,(H,22,25)(H,26,27);1H. The Morgan fingerprint density at radius 2 is 1.83 bits per heavy atom. The van der Waals surface area contributed by atoms with Crippen molar-refractivity contribution in [1.82, 2.24) is 15.1 Å². The molecule has 2 N–H and O–H groups in total. The van der Waals surface area contributed by atoms with Crippen LogP contribution in [0.3, 0.4) is 0 Å². The molecule has 164 valence electrons. The molecule has 0 radical (unpaired) electrons. The number of likely N-dealkylation sites (N-methyl/N-ethyl adjacent to an activating group) is 1. The van der Waals surface area contributed by atoms with Gasteiger partial charge in [-0.25, -0.2) is 0 Å². The van der Waals surface area contributed by atoms with E-state index in [-0.39, 0.29) is 42.9 Å². The molecule has 0 saturated carbocycles.